The van der Waals surface area contributed by atoms with Crippen LogP contribution in [0.4, 0.5) is 0 Å². The SMILES string of the molecule is Cc1cccc(OCc2nc3ccccc3n2CC(=O)NC(C)c2ccccc2)c1. The Morgan fingerprint density at radius 3 is 2.60 bits per heavy atom. The number of carbonyl (C=O) groups excluding carboxylic acids is 1. The molecule has 0 fully saturated rings. The van der Waals surface area contributed by atoms with Crippen molar-refractivity contribution in [1.29, 1.82) is 0 Å². The molecule has 0 bridgehead atoms. The lowest BCUT2D eigenvalue weighted by atomic mass is 10.1. The Bertz CT molecular complexity index is 1150. The average molecular weight is 399 g/mol. The first-order chi connectivity index (χ1) is 14.6. The number of hydrogen-bond acceptors (Lipinski definition) is 3. The van der Waals surface area contributed by atoms with Gasteiger partial charge in [-0.1, -0.05) is 54.6 Å². The van der Waals surface area contributed by atoms with Gasteiger partial charge in [-0.3, -0.25) is 4.79 Å². The molecular formula is C25H25N3O2. The molecule has 5 heteroatoms. The van der Waals surface area contributed by atoms with Crippen LogP contribution < -0.4 is 10.1 Å². The maximum Gasteiger partial charge on any atom is 0.240 e. The summed E-state index contributed by atoms with van der Waals surface area (Å²) >= 11 is 0. The number of fused-ring (bicyclic) bond motifs is 1. The lowest BCUT2D eigenvalue weighted by Gasteiger charge is -2.16. The predicted octanol–water partition coefficient (Wildman–Crippen LogP) is 4.80. The van der Waals surface area contributed by atoms with Gasteiger partial charge in [0.25, 0.3) is 0 Å². The second-order valence-corrected chi connectivity index (χ2v) is 7.41. The molecule has 152 valence electrons. The fourth-order valence-electron chi connectivity index (χ4n) is 3.52. The van der Waals surface area contributed by atoms with Crippen LogP contribution in [0.3, 0.4) is 0 Å². The fraction of sp³-hybridized carbons (Fsp3) is 0.200. The van der Waals surface area contributed by atoms with E-state index in [0.717, 1.165) is 33.7 Å². The van der Waals surface area contributed by atoms with E-state index in [1.54, 1.807) is 0 Å². The summed E-state index contributed by atoms with van der Waals surface area (Å²) in [5.41, 5.74) is 3.98. The molecule has 4 aromatic rings. The van der Waals surface area contributed by atoms with Crippen LogP contribution >= 0.6 is 0 Å². The molecule has 1 aromatic heterocycles. The smallest absolute Gasteiger partial charge is 0.240 e. The number of hydrogen-bond donors (Lipinski definition) is 1. The van der Waals surface area contributed by atoms with E-state index in [1.165, 1.54) is 0 Å². The zero-order valence-electron chi connectivity index (χ0n) is 17.2. The van der Waals surface area contributed by atoms with Crippen LogP contribution in [0, 0.1) is 6.92 Å². The molecule has 0 aliphatic heterocycles. The minimum atomic E-state index is -0.0690. The summed E-state index contributed by atoms with van der Waals surface area (Å²) in [6, 6.07) is 25.6. The van der Waals surface area contributed by atoms with Gasteiger partial charge in [-0.25, -0.2) is 4.98 Å². The molecular weight excluding hydrogens is 374 g/mol. The Balaban J connectivity index is 1.53. The maximum absolute atomic E-state index is 12.8. The van der Waals surface area contributed by atoms with Crippen LogP contribution in [0.5, 0.6) is 5.75 Å². The number of para-hydroxylation sites is 2. The van der Waals surface area contributed by atoms with Crippen LogP contribution in [-0.2, 0) is 17.9 Å². The molecule has 0 aliphatic rings. The van der Waals surface area contributed by atoms with Crippen LogP contribution in [0.2, 0.25) is 0 Å². The molecule has 1 amide bonds. The van der Waals surface area contributed by atoms with E-state index in [1.807, 2.05) is 97.3 Å². The predicted molar refractivity (Wildman–Crippen MR) is 118 cm³/mol. The molecule has 0 spiro atoms. The van der Waals surface area contributed by atoms with Gasteiger partial charge in [0.1, 0.15) is 24.7 Å². The minimum Gasteiger partial charge on any atom is -0.486 e. The number of imidazole rings is 1. The zero-order chi connectivity index (χ0) is 20.9. The Kier molecular flexibility index (Phi) is 5.80. The highest BCUT2D eigenvalue weighted by Crippen LogP contribution is 2.19. The Hall–Kier alpha value is -3.60. The lowest BCUT2D eigenvalue weighted by molar-refractivity contribution is -0.122. The van der Waals surface area contributed by atoms with Crippen molar-refractivity contribution in [2.45, 2.75) is 33.0 Å². The van der Waals surface area contributed by atoms with E-state index in [0.29, 0.717) is 6.61 Å². The van der Waals surface area contributed by atoms with Gasteiger partial charge >= 0.3 is 0 Å². The van der Waals surface area contributed by atoms with Gasteiger partial charge in [0, 0.05) is 0 Å². The van der Waals surface area contributed by atoms with Crippen LogP contribution in [-0.4, -0.2) is 15.5 Å². The number of aromatic nitrogens is 2. The molecule has 4 rings (SSSR count). The number of amides is 1. The summed E-state index contributed by atoms with van der Waals surface area (Å²) in [5.74, 6) is 1.45. The molecule has 1 atom stereocenters. The Morgan fingerprint density at radius 2 is 1.80 bits per heavy atom. The topological polar surface area (TPSA) is 56.2 Å². The van der Waals surface area contributed by atoms with E-state index in [9.17, 15) is 4.79 Å². The molecule has 5 nitrogen and oxygen atoms in total. The highest BCUT2D eigenvalue weighted by molar-refractivity contribution is 5.81. The molecule has 0 saturated heterocycles. The van der Waals surface area contributed by atoms with Crippen molar-refractivity contribution in [2.24, 2.45) is 0 Å². The third-order valence-corrected chi connectivity index (χ3v) is 5.07. The minimum absolute atomic E-state index is 0.0636. The molecule has 0 radical (unpaired) electrons. The molecule has 1 heterocycles. The normalized spacial score (nSPS) is 11.9. The maximum atomic E-state index is 12.8. The van der Waals surface area contributed by atoms with E-state index in [4.69, 9.17) is 9.72 Å². The summed E-state index contributed by atoms with van der Waals surface area (Å²) in [7, 11) is 0. The molecule has 1 N–H and O–H groups in total. The Labute approximate surface area is 176 Å². The summed E-state index contributed by atoms with van der Waals surface area (Å²) in [6.45, 7) is 4.49. The lowest BCUT2D eigenvalue weighted by Crippen LogP contribution is -2.30. The second-order valence-electron chi connectivity index (χ2n) is 7.41. The fourth-order valence-corrected chi connectivity index (χ4v) is 3.52. The van der Waals surface area contributed by atoms with Crippen LogP contribution in [0.25, 0.3) is 11.0 Å². The number of nitrogens with one attached hydrogen (secondary N) is 1. The van der Waals surface area contributed by atoms with Crippen molar-refractivity contribution >= 4 is 16.9 Å². The summed E-state index contributed by atoms with van der Waals surface area (Å²) < 4.78 is 7.89. The van der Waals surface area contributed by atoms with Crippen molar-refractivity contribution in [1.82, 2.24) is 14.9 Å². The molecule has 30 heavy (non-hydrogen) atoms. The first-order valence-electron chi connectivity index (χ1n) is 10.1. The third-order valence-electron chi connectivity index (χ3n) is 5.07. The van der Waals surface area contributed by atoms with Crippen molar-refractivity contribution in [3.63, 3.8) is 0 Å². The average Bonchev–Trinajstić information content (AvgIpc) is 3.10. The van der Waals surface area contributed by atoms with E-state index >= 15 is 0 Å². The summed E-state index contributed by atoms with van der Waals surface area (Å²) in [6.07, 6.45) is 0. The molecule has 0 aliphatic carbocycles. The number of nitrogens with zero attached hydrogens (tertiary/aromatic N) is 2. The number of aryl methyl sites for hydroxylation is 1. The third kappa shape index (κ3) is 4.51. The van der Waals surface area contributed by atoms with Gasteiger partial charge in [-0.15, -0.1) is 0 Å². The van der Waals surface area contributed by atoms with Crippen molar-refractivity contribution in [2.75, 3.05) is 0 Å². The van der Waals surface area contributed by atoms with Gasteiger partial charge in [0.05, 0.1) is 17.1 Å². The summed E-state index contributed by atoms with van der Waals surface area (Å²) in [4.78, 5) is 17.5. The van der Waals surface area contributed by atoms with Gasteiger partial charge in [0.2, 0.25) is 5.91 Å². The van der Waals surface area contributed by atoms with Gasteiger partial charge < -0.3 is 14.6 Å². The zero-order valence-corrected chi connectivity index (χ0v) is 17.2. The number of ether oxygens (including phenoxy) is 1. The highest BCUT2D eigenvalue weighted by Gasteiger charge is 2.16. The van der Waals surface area contributed by atoms with Crippen molar-refractivity contribution in [3.8, 4) is 5.75 Å². The number of benzene rings is 3. The van der Waals surface area contributed by atoms with Crippen LogP contribution in [0.1, 0.15) is 29.9 Å². The quantitative estimate of drug-likeness (QED) is 0.486. The van der Waals surface area contributed by atoms with E-state index in [-0.39, 0.29) is 18.5 Å². The van der Waals surface area contributed by atoms with Gasteiger partial charge in [-0.2, -0.15) is 0 Å². The molecule has 1 unspecified atom stereocenters. The van der Waals surface area contributed by atoms with E-state index < -0.39 is 0 Å². The van der Waals surface area contributed by atoms with Gasteiger partial charge in [-0.05, 0) is 49.2 Å². The Morgan fingerprint density at radius 1 is 1.03 bits per heavy atom. The van der Waals surface area contributed by atoms with Crippen LogP contribution in [0.15, 0.2) is 78.9 Å². The second kappa shape index (κ2) is 8.82. The molecule has 3 aromatic carbocycles. The molecule has 0 saturated carbocycles. The first kappa shape index (κ1) is 19.7. The standard InChI is InChI=1S/C25H25N3O2/c1-18-9-8-12-21(15-18)30-17-24-27-22-13-6-7-14-23(22)28(24)16-25(29)26-19(2)20-10-4-3-5-11-20/h3-15,19H,16-17H2,1-2H3,(H,26,29). The number of rotatable bonds is 7. The van der Waals surface area contributed by atoms with Crippen molar-refractivity contribution in [3.05, 3.63) is 95.8 Å². The van der Waals surface area contributed by atoms with Gasteiger partial charge in [0.15, 0.2) is 0 Å². The highest BCUT2D eigenvalue weighted by atomic mass is 16.5. The van der Waals surface area contributed by atoms with Crippen molar-refractivity contribution < 1.29 is 9.53 Å². The monoisotopic (exact) mass is 399 g/mol. The summed E-state index contributed by atoms with van der Waals surface area (Å²) in [5, 5.41) is 3.08. The van der Waals surface area contributed by atoms with E-state index in [2.05, 4.69) is 5.32 Å². The number of carbonyl (C=O) groups is 1. The largest absolute Gasteiger partial charge is 0.486 e. The first-order valence-corrected chi connectivity index (χ1v) is 10.1.